The van der Waals surface area contributed by atoms with Crippen molar-refractivity contribution in [1.82, 2.24) is 4.90 Å². The Morgan fingerprint density at radius 2 is 1.16 bits per heavy atom. The van der Waals surface area contributed by atoms with Crippen LogP contribution in [0.5, 0.6) is 0 Å². The van der Waals surface area contributed by atoms with Crippen LogP contribution in [0.15, 0.2) is 29.8 Å². The quantitative estimate of drug-likeness (QED) is 0.0362. The average molecular weight is 716 g/mol. The third kappa shape index (κ3) is 36.1. The lowest BCUT2D eigenvalue weighted by Crippen LogP contribution is -2.16. The maximum atomic E-state index is 12.3. The number of rotatable bonds is 37. The second kappa shape index (κ2) is 37.7. The van der Waals surface area contributed by atoms with Gasteiger partial charge >= 0.3 is 11.9 Å². The Morgan fingerprint density at radius 3 is 1.73 bits per heavy atom. The number of ether oxygens (including phenoxy) is 3. The number of hydrogen-bond acceptors (Lipinski definition) is 6. The van der Waals surface area contributed by atoms with E-state index in [1.807, 2.05) is 6.08 Å². The molecule has 3 unspecified atom stereocenters. The maximum absolute atomic E-state index is 12.3. The molecule has 0 N–H and O–H groups in total. The molecule has 0 aromatic carbocycles. The first-order valence-corrected chi connectivity index (χ1v) is 21.3. The minimum Gasteiger partial charge on any atom is -0.466 e. The van der Waals surface area contributed by atoms with Crippen LogP contribution in [0, 0.1) is 11.8 Å². The largest absolute Gasteiger partial charge is 0.466 e. The summed E-state index contributed by atoms with van der Waals surface area (Å²) in [5.41, 5.74) is 8.39. The van der Waals surface area contributed by atoms with Crippen LogP contribution in [0.4, 0.5) is 0 Å². The third-order valence-corrected chi connectivity index (χ3v) is 9.75. The van der Waals surface area contributed by atoms with Gasteiger partial charge in [-0.15, -0.1) is 0 Å². The van der Waals surface area contributed by atoms with Gasteiger partial charge in [-0.2, -0.15) is 0 Å². The summed E-state index contributed by atoms with van der Waals surface area (Å²) >= 11 is 0. The van der Waals surface area contributed by atoms with Gasteiger partial charge in [0.15, 0.2) is 0 Å². The molecule has 0 aromatic rings. The summed E-state index contributed by atoms with van der Waals surface area (Å²) in [5.74, 6) is 0.884. The van der Waals surface area contributed by atoms with Gasteiger partial charge in [0.1, 0.15) is 0 Å². The van der Waals surface area contributed by atoms with E-state index in [0.717, 1.165) is 83.8 Å². The average Bonchev–Trinajstić information content (AvgIpc) is 3.10. The van der Waals surface area contributed by atoms with E-state index in [-0.39, 0.29) is 11.9 Å². The number of carbonyl (C=O) groups is 2. The fraction of sp³-hybridized carbons (Fsp3) is 0.844. The predicted molar refractivity (Wildman–Crippen MR) is 215 cm³/mol. The van der Waals surface area contributed by atoms with Crippen molar-refractivity contribution in [1.29, 1.82) is 0 Å². The van der Waals surface area contributed by atoms with Gasteiger partial charge in [-0.3, -0.25) is 9.59 Å². The Balaban J connectivity index is 4.19. The minimum absolute atomic E-state index is 0.0280. The second-order valence-electron chi connectivity index (χ2n) is 15.1. The number of hydrogen-bond donors (Lipinski definition) is 0. The number of allylic oxidation sites excluding steroid dienone is 1. The zero-order valence-electron chi connectivity index (χ0n) is 34.2. The standard InChI is InChI=1S/C45H81NO5/c1-7-10-19-28-41(4)35-39-50-44(47)33-24-17-13-15-22-31-43(49-38-27-26-37-46(5)6)32-23-16-14-18-25-34-45(48)51-40-36-42(29-20-11-8-2)30-21-12-9-3/h29,41-43H,2,7,9-10,12-19,21-28,30-40H2,1,3-6H3. The highest BCUT2D eigenvalue weighted by molar-refractivity contribution is 5.69. The zero-order chi connectivity index (χ0) is 37.6. The summed E-state index contributed by atoms with van der Waals surface area (Å²) in [6.45, 7) is 13.2. The molecule has 296 valence electrons. The molecule has 51 heavy (non-hydrogen) atoms. The summed E-state index contributed by atoms with van der Waals surface area (Å²) < 4.78 is 17.4. The fourth-order valence-electron chi connectivity index (χ4n) is 6.34. The van der Waals surface area contributed by atoms with Crippen LogP contribution in [-0.4, -0.2) is 63.4 Å². The van der Waals surface area contributed by atoms with Crippen molar-refractivity contribution in [3.63, 3.8) is 0 Å². The molecule has 0 aliphatic heterocycles. The SMILES string of the molecule is C=C=C=C=CC(CCCCC)CCOC(=O)CCCCCCCC(CCCCCCCC(=O)OCCC(C)CCCCC)OCCCCN(C)C. The predicted octanol–water partition coefficient (Wildman–Crippen LogP) is 12.1. The van der Waals surface area contributed by atoms with Crippen LogP contribution in [0.25, 0.3) is 0 Å². The first-order valence-electron chi connectivity index (χ1n) is 21.3. The van der Waals surface area contributed by atoms with Crippen molar-refractivity contribution in [3.8, 4) is 0 Å². The topological polar surface area (TPSA) is 65.1 Å². The zero-order valence-corrected chi connectivity index (χ0v) is 34.2. The lowest BCUT2D eigenvalue weighted by atomic mass is 9.98. The van der Waals surface area contributed by atoms with Crippen molar-refractivity contribution in [2.75, 3.05) is 40.5 Å². The number of unbranched alkanes of at least 4 members (excludes halogenated alkanes) is 13. The molecule has 0 aliphatic rings. The van der Waals surface area contributed by atoms with Gasteiger partial charge in [-0.25, -0.2) is 0 Å². The van der Waals surface area contributed by atoms with Crippen molar-refractivity contribution in [2.24, 2.45) is 11.8 Å². The molecule has 0 fully saturated rings. The first-order chi connectivity index (χ1) is 24.8. The first kappa shape index (κ1) is 48.9. The minimum atomic E-state index is -0.0753. The molecule has 0 spiro atoms. The Labute approximate surface area is 315 Å². The van der Waals surface area contributed by atoms with Crippen molar-refractivity contribution in [2.45, 2.75) is 194 Å². The van der Waals surface area contributed by atoms with E-state index in [0.29, 0.717) is 44.0 Å². The highest BCUT2D eigenvalue weighted by Crippen LogP contribution is 2.19. The van der Waals surface area contributed by atoms with E-state index in [4.69, 9.17) is 14.2 Å². The molecular formula is C45H81NO5. The molecule has 0 heterocycles. The van der Waals surface area contributed by atoms with Crippen LogP contribution in [-0.2, 0) is 23.8 Å². The summed E-state index contributed by atoms with van der Waals surface area (Å²) in [7, 11) is 4.25. The Morgan fingerprint density at radius 1 is 0.627 bits per heavy atom. The Bertz CT molecular complexity index is 929. The van der Waals surface area contributed by atoms with E-state index >= 15 is 0 Å². The lowest BCUT2D eigenvalue weighted by molar-refractivity contribution is -0.145. The van der Waals surface area contributed by atoms with E-state index in [2.05, 4.69) is 63.5 Å². The molecule has 3 atom stereocenters. The molecule has 0 saturated heterocycles. The van der Waals surface area contributed by atoms with Gasteiger partial charge in [-0.05, 0) is 109 Å². The molecule has 0 aliphatic carbocycles. The summed E-state index contributed by atoms with van der Waals surface area (Å²) in [6, 6.07) is 0. The molecule has 6 nitrogen and oxygen atoms in total. The van der Waals surface area contributed by atoms with Gasteiger partial charge in [0.25, 0.3) is 0 Å². The van der Waals surface area contributed by atoms with Crippen LogP contribution in [0.2, 0.25) is 0 Å². The van der Waals surface area contributed by atoms with Crippen LogP contribution in [0.1, 0.15) is 188 Å². The van der Waals surface area contributed by atoms with Crippen molar-refractivity contribution < 1.29 is 23.8 Å². The van der Waals surface area contributed by atoms with Gasteiger partial charge in [0.05, 0.1) is 19.3 Å². The van der Waals surface area contributed by atoms with E-state index in [1.54, 1.807) is 0 Å². The molecule has 0 bridgehead atoms. The Kier molecular flexibility index (Phi) is 36.2. The number of esters is 2. The number of carbonyl (C=O) groups excluding carboxylic acids is 2. The Hall–Kier alpha value is -2.06. The van der Waals surface area contributed by atoms with Gasteiger partial charge in [0.2, 0.25) is 0 Å². The summed E-state index contributed by atoms with van der Waals surface area (Å²) in [6.07, 6.45) is 30.5. The van der Waals surface area contributed by atoms with Gasteiger partial charge < -0.3 is 19.1 Å². The second-order valence-corrected chi connectivity index (χ2v) is 15.1. The van der Waals surface area contributed by atoms with Crippen LogP contribution < -0.4 is 0 Å². The van der Waals surface area contributed by atoms with E-state index in [1.165, 1.54) is 83.5 Å². The molecule has 0 amide bonds. The number of nitrogens with zero attached hydrogens (tertiary/aromatic N) is 1. The van der Waals surface area contributed by atoms with Crippen LogP contribution in [0.3, 0.4) is 0 Å². The van der Waals surface area contributed by atoms with E-state index < -0.39 is 0 Å². The summed E-state index contributed by atoms with van der Waals surface area (Å²) in [4.78, 5) is 26.6. The van der Waals surface area contributed by atoms with Crippen molar-refractivity contribution in [3.05, 3.63) is 29.8 Å². The molecule has 0 aromatic heterocycles. The van der Waals surface area contributed by atoms with Gasteiger partial charge in [-0.1, -0.05) is 129 Å². The smallest absolute Gasteiger partial charge is 0.305 e. The normalized spacial score (nSPS) is 12.8. The summed E-state index contributed by atoms with van der Waals surface area (Å²) in [5, 5.41) is 0. The third-order valence-electron chi connectivity index (χ3n) is 9.75. The van der Waals surface area contributed by atoms with Crippen molar-refractivity contribution >= 4 is 11.9 Å². The van der Waals surface area contributed by atoms with E-state index in [9.17, 15) is 9.59 Å². The van der Waals surface area contributed by atoms with Gasteiger partial charge in [0, 0.05) is 19.4 Å². The molecule has 6 heteroatoms. The monoisotopic (exact) mass is 716 g/mol. The maximum Gasteiger partial charge on any atom is 0.305 e. The molecule has 0 radical (unpaired) electrons. The molecule has 0 rings (SSSR count). The molecular weight excluding hydrogens is 634 g/mol. The fourth-order valence-corrected chi connectivity index (χ4v) is 6.34. The highest BCUT2D eigenvalue weighted by atomic mass is 16.5. The lowest BCUT2D eigenvalue weighted by Gasteiger charge is -2.18. The highest BCUT2D eigenvalue weighted by Gasteiger charge is 2.11. The van der Waals surface area contributed by atoms with Crippen LogP contribution >= 0.6 is 0 Å². The molecule has 0 saturated carbocycles.